The predicted molar refractivity (Wildman–Crippen MR) is 114 cm³/mol. The molecule has 0 spiro atoms. The van der Waals surface area contributed by atoms with Crippen molar-refractivity contribution in [2.45, 2.75) is 70.6 Å². The topological polar surface area (TPSA) is 96.7 Å². The van der Waals surface area contributed by atoms with Crippen molar-refractivity contribution in [1.82, 2.24) is 30.3 Å². The normalized spacial score (nSPS) is 25.3. The fourth-order valence-electron chi connectivity index (χ4n) is 4.61. The highest BCUT2D eigenvalue weighted by Crippen LogP contribution is 2.27. The molecule has 1 amide bonds. The van der Waals surface area contributed by atoms with Crippen LogP contribution in [-0.2, 0) is 23.1 Å². The molecule has 2 atom stereocenters. The number of nitrogens with zero attached hydrogens (tertiary/aromatic N) is 5. The van der Waals surface area contributed by atoms with Gasteiger partial charge in [-0.25, -0.2) is 4.99 Å². The van der Waals surface area contributed by atoms with Crippen LogP contribution in [0.1, 0.15) is 56.6 Å². The number of amides is 1. The number of aliphatic imine (C=N–C) groups is 1. The number of hydrogen-bond acceptors (Lipinski definition) is 5. The van der Waals surface area contributed by atoms with E-state index >= 15 is 0 Å². The van der Waals surface area contributed by atoms with Gasteiger partial charge in [0.15, 0.2) is 11.8 Å². The predicted octanol–water partition coefficient (Wildman–Crippen LogP) is 1.13. The standard InChI is InChI=1S/C21H35N7O2/c1-15-25-26-19(27(15)2)13-23-21(22-12-18-8-5-11-30-18)24-17-9-10-28(14-17)20(29)16-6-3-4-7-16/h16-18H,3-14H2,1-2H3,(H2,22,23,24). The zero-order chi connectivity index (χ0) is 20.9. The van der Waals surface area contributed by atoms with Crippen molar-refractivity contribution >= 4 is 11.9 Å². The third-order valence-corrected chi connectivity index (χ3v) is 6.63. The Hall–Kier alpha value is -2.16. The molecule has 1 saturated carbocycles. The van der Waals surface area contributed by atoms with E-state index in [-0.39, 0.29) is 18.1 Å². The molecular weight excluding hydrogens is 382 g/mol. The second kappa shape index (κ2) is 9.76. The maximum absolute atomic E-state index is 12.7. The SMILES string of the molecule is Cc1nnc(CN=C(NCC2CCCO2)NC2CCN(C(=O)C3CCCC3)C2)n1C. The number of rotatable bonds is 6. The fraction of sp³-hybridized carbons (Fsp3) is 0.810. The van der Waals surface area contributed by atoms with Crippen molar-refractivity contribution < 1.29 is 9.53 Å². The number of guanidine groups is 1. The lowest BCUT2D eigenvalue weighted by atomic mass is 10.1. The average molecular weight is 418 g/mol. The van der Waals surface area contributed by atoms with Gasteiger partial charge in [0.25, 0.3) is 0 Å². The molecule has 3 fully saturated rings. The molecule has 0 bridgehead atoms. The van der Waals surface area contributed by atoms with Crippen LogP contribution >= 0.6 is 0 Å². The Kier molecular flexibility index (Phi) is 6.86. The number of likely N-dealkylation sites (tertiary alicyclic amines) is 1. The van der Waals surface area contributed by atoms with Crippen LogP contribution in [0.25, 0.3) is 0 Å². The van der Waals surface area contributed by atoms with E-state index in [1.54, 1.807) is 0 Å². The van der Waals surface area contributed by atoms with Gasteiger partial charge in [-0.05, 0) is 39.0 Å². The summed E-state index contributed by atoms with van der Waals surface area (Å²) in [6.45, 7) is 5.54. The number of aromatic nitrogens is 3. The summed E-state index contributed by atoms with van der Waals surface area (Å²) in [5.74, 6) is 3.05. The largest absolute Gasteiger partial charge is 0.376 e. The van der Waals surface area contributed by atoms with E-state index in [1.165, 1.54) is 12.8 Å². The molecule has 2 unspecified atom stereocenters. The fourth-order valence-corrected chi connectivity index (χ4v) is 4.61. The molecule has 2 saturated heterocycles. The van der Waals surface area contributed by atoms with E-state index in [0.717, 1.165) is 76.0 Å². The van der Waals surface area contributed by atoms with Crippen LogP contribution in [0, 0.1) is 12.8 Å². The van der Waals surface area contributed by atoms with Crippen LogP contribution in [0.4, 0.5) is 0 Å². The number of aryl methyl sites for hydroxylation is 1. The Morgan fingerprint density at radius 3 is 2.73 bits per heavy atom. The van der Waals surface area contributed by atoms with Gasteiger partial charge in [0.1, 0.15) is 12.4 Å². The summed E-state index contributed by atoms with van der Waals surface area (Å²) >= 11 is 0. The van der Waals surface area contributed by atoms with Gasteiger partial charge in [0.2, 0.25) is 5.91 Å². The smallest absolute Gasteiger partial charge is 0.225 e. The molecule has 2 N–H and O–H groups in total. The quantitative estimate of drug-likeness (QED) is 0.532. The number of carbonyl (C=O) groups is 1. The number of nitrogens with one attached hydrogen (secondary N) is 2. The first-order valence-corrected chi connectivity index (χ1v) is 11.4. The molecule has 3 heterocycles. The van der Waals surface area contributed by atoms with Gasteiger partial charge in [-0.1, -0.05) is 12.8 Å². The summed E-state index contributed by atoms with van der Waals surface area (Å²) < 4.78 is 7.70. The van der Waals surface area contributed by atoms with Gasteiger partial charge >= 0.3 is 0 Å². The summed E-state index contributed by atoms with van der Waals surface area (Å²) in [6.07, 6.45) is 7.87. The third-order valence-electron chi connectivity index (χ3n) is 6.63. The second-order valence-electron chi connectivity index (χ2n) is 8.80. The van der Waals surface area contributed by atoms with Crippen molar-refractivity contribution in [3.05, 3.63) is 11.6 Å². The Bertz CT molecular complexity index is 751. The molecule has 2 aliphatic heterocycles. The van der Waals surface area contributed by atoms with Crippen LogP contribution in [0.2, 0.25) is 0 Å². The average Bonchev–Trinajstić information content (AvgIpc) is 3.54. The highest BCUT2D eigenvalue weighted by molar-refractivity contribution is 5.81. The molecule has 30 heavy (non-hydrogen) atoms. The Balaban J connectivity index is 1.35. The molecule has 3 aliphatic rings. The summed E-state index contributed by atoms with van der Waals surface area (Å²) in [7, 11) is 1.95. The molecule has 166 valence electrons. The van der Waals surface area contributed by atoms with E-state index in [0.29, 0.717) is 12.5 Å². The first-order chi connectivity index (χ1) is 14.6. The molecule has 4 rings (SSSR count). The minimum absolute atomic E-state index is 0.215. The molecule has 1 aromatic rings. The minimum atomic E-state index is 0.215. The van der Waals surface area contributed by atoms with Crippen LogP contribution in [-0.4, -0.2) is 69.9 Å². The lowest BCUT2D eigenvalue weighted by Crippen LogP contribution is -2.47. The zero-order valence-corrected chi connectivity index (χ0v) is 18.3. The van der Waals surface area contributed by atoms with E-state index in [1.807, 2.05) is 23.4 Å². The van der Waals surface area contributed by atoms with E-state index in [4.69, 9.17) is 9.73 Å². The Labute approximate surface area is 178 Å². The summed E-state index contributed by atoms with van der Waals surface area (Å²) in [4.78, 5) is 19.5. The monoisotopic (exact) mass is 417 g/mol. The Morgan fingerprint density at radius 2 is 2.03 bits per heavy atom. The third kappa shape index (κ3) is 5.11. The first kappa shape index (κ1) is 21.1. The first-order valence-electron chi connectivity index (χ1n) is 11.4. The van der Waals surface area contributed by atoms with Gasteiger partial charge in [0, 0.05) is 45.2 Å². The van der Waals surface area contributed by atoms with Gasteiger partial charge in [-0.2, -0.15) is 0 Å². The molecule has 0 radical (unpaired) electrons. The van der Waals surface area contributed by atoms with Gasteiger partial charge in [0.05, 0.1) is 6.10 Å². The summed E-state index contributed by atoms with van der Waals surface area (Å²) in [5.41, 5.74) is 0. The molecule has 9 nitrogen and oxygen atoms in total. The van der Waals surface area contributed by atoms with Crippen molar-refractivity contribution in [2.75, 3.05) is 26.2 Å². The van der Waals surface area contributed by atoms with Crippen molar-refractivity contribution in [3.63, 3.8) is 0 Å². The lowest BCUT2D eigenvalue weighted by molar-refractivity contribution is -0.134. The van der Waals surface area contributed by atoms with Crippen molar-refractivity contribution in [2.24, 2.45) is 18.0 Å². The van der Waals surface area contributed by atoms with Crippen molar-refractivity contribution in [3.8, 4) is 0 Å². The van der Waals surface area contributed by atoms with Crippen LogP contribution < -0.4 is 10.6 Å². The number of ether oxygens (including phenoxy) is 1. The number of hydrogen-bond donors (Lipinski definition) is 2. The van der Waals surface area contributed by atoms with Gasteiger partial charge < -0.3 is 24.8 Å². The molecule has 1 aliphatic carbocycles. The van der Waals surface area contributed by atoms with Crippen molar-refractivity contribution in [1.29, 1.82) is 0 Å². The van der Waals surface area contributed by atoms with Crippen LogP contribution in [0.5, 0.6) is 0 Å². The highest BCUT2D eigenvalue weighted by atomic mass is 16.5. The number of carbonyl (C=O) groups excluding carboxylic acids is 1. The van der Waals surface area contributed by atoms with E-state index in [2.05, 4.69) is 20.8 Å². The maximum atomic E-state index is 12.7. The maximum Gasteiger partial charge on any atom is 0.225 e. The summed E-state index contributed by atoms with van der Waals surface area (Å²) in [6, 6.07) is 0.215. The second-order valence-corrected chi connectivity index (χ2v) is 8.80. The molecular formula is C21H35N7O2. The van der Waals surface area contributed by atoms with E-state index < -0.39 is 0 Å². The Morgan fingerprint density at radius 1 is 1.20 bits per heavy atom. The molecule has 1 aromatic heterocycles. The zero-order valence-electron chi connectivity index (χ0n) is 18.3. The van der Waals surface area contributed by atoms with E-state index in [9.17, 15) is 4.79 Å². The van der Waals surface area contributed by atoms with Gasteiger partial charge in [-0.15, -0.1) is 10.2 Å². The molecule has 0 aromatic carbocycles. The summed E-state index contributed by atoms with van der Waals surface area (Å²) in [5, 5.41) is 15.3. The van der Waals surface area contributed by atoms with Gasteiger partial charge in [-0.3, -0.25) is 4.79 Å². The van der Waals surface area contributed by atoms with Crippen LogP contribution in [0.3, 0.4) is 0 Å². The highest BCUT2D eigenvalue weighted by Gasteiger charge is 2.32. The van der Waals surface area contributed by atoms with Crippen LogP contribution in [0.15, 0.2) is 4.99 Å². The minimum Gasteiger partial charge on any atom is -0.376 e. The molecule has 9 heteroatoms. The lowest BCUT2D eigenvalue weighted by Gasteiger charge is -2.22.